The molecule has 1 aromatic heterocycles. The Labute approximate surface area is 149 Å². The minimum absolute atomic E-state index is 0.0230. The number of nitrogens with zero attached hydrogens (tertiary/aromatic N) is 2. The molecule has 2 rings (SSSR count). The SMILES string of the molecule is CC(C)(C)c1ccc(OCC(=O)NN=Cc2ccc([N+](=O)[O-])s2)cc1. The van der Waals surface area contributed by atoms with Crippen molar-refractivity contribution in [1.82, 2.24) is 5.43 Å². The topological polar surface area (TPSA) is 93.8 Å². The molecule has 0 aliphatic carbocycles. The third-order valence-electron chi connectivity index (χ3n) is 3.26. The van der Waals surface area contributed by atoms with Gasteiger partial charge < -0.3 is 4.74 Å². The van der Waals surface area contributed by atoms with Crippen LogP contribution in [0.4, 0.5) is 5.00 Å². The first-order valence-corrected chi connectivity index (χ1v) is 8.37. The zero-order valence-electron chi connectivity index (χ0n) is 14.2. The highest BCUT2D eigenvalue weighted by Gasteiger charge is 2.13. The highest BCUT2D eigenvalue weighted by atomic mass is 32.1. The average molecular weight is 361 g/mol. The van der Waals surface area contributed by atoms with Crippen LogP contribution in [-0.2, 0) is 10.2 Å². The summed E-state index contributed by atoms with van der Waals surface area (Å²) in [5.74, 6) is 0.184. The van der Waals surface area contributed by atoms with Crippen molar-refractivity contribution in [3.05, 3.63) is 57.0 Å². The van der Waals surface area contributed by atoms with Gasteiger partial charge in [0.05, 0.1) is 16.0 Å². The Morgan fingerprint density at radius 3 is 2.52 bits per heavy atom. The number of carbonyl (C=O) groups is 1. The van der Waals surface area contributed by atoms with E-state index < -0.39 is 10.8 Å². The lowest BCUT2D eigenvalue weighted by Crippen LogP contribution is -2.24. The fourth-order valence-corrected chi connectivity index (χ4v) is 2.60. The molecular weight excluding hydrogens is 342 g/mol. The second-order valence-electron chi connectivity index (χ2n) is 6.29. The lowest BCUT2D eigenvalue weighted by Gasteiger charge is -2.19. The predicted octanol–water partition coefficient (Wildman–Crippen LogP) is 3.48. The van der Waals surface area contributed by atoms with E-state index in [0.717, 1.165) is 11.3 Å². The third kappa shape index (κ3) is 5.68. The maximum Gasteiger partial charge on any atom is 0.324 e. The molecule has 0 aliphatic heterocycles. The molecule has 8 heteroatoms. The lowest BCUT2D eigenvalue weighted by molar-refractivity contribution is -0.380. The first-order chi connectivity index (χ1) is 11.8. The maximum absolute atomic E-state index is 11.7. The smallest absolute Gasteiger partial charge is 0.324 e. The summed E-state index contributed by atoms with van der Waals surface area (Å²) in [6.45, 7) is 6.19. The number of hydrogen-bond acceptors (Lipinski definition) is 6. The second-order valence-corrected chi connectivity index (χ2v) is 7.38. The number of thiophene rings is 1. The third-order valence-corrected chi connectivity index (χ3v) is 4.24. The Morgan fingerprint density at radius 1 is 1.28 bits per heavy atom. The quantitative estimate of drug-likeness (QED) is 0.484. The first kappa shape index (κ1) is 18.6. The van der Waals surface area contributed by atoms with Gasteiger partial charge in [0.1, 0.15) is 5.75 Å². The van der Waals surface area contributed by atoms with Crippen LogP contribution in [0, 0.1) is 10.1 Å². The molecule has 2 aromatic rings. The molecule has 0 fully saturated rings. The van der Waals surface area contributed by atoms with Crippen LogP contribution >= 0.6 is 11.3 Å². The summed E-state index contributed by atoms with van der Waals surface area (Å²) >= 11 is 0.975. The number of ether oxygens (including phenoxy) is 1. The van der Waals surface area contributed by atoms with Crippen LogP contribution in [0.15, 0.2) is 41.5 Å². The van der Waals surface area contributed by atoms with Gasteiger partial charge in [-0.25, -0.2) is 5.43 Å². The molecule has 1 heterocycles. The van der Waals surface area contributed by atoms with E-state index in [0.29, 0.717) is 10.6 Å². The molecule has 1 N–H and O–H groups in total. The second kappa shape index (κ2) is 7.89. The van der Waals surface area contributed by atoms with Gasteiger partial charge in [0.25, 0.3) is 5.91 Å². The molecule has 0 bridgehead atoms. The van der Waals surface area contributed by atoms with Gasteiger partial charge in [-0.15, -0.1) is 0 Å². The Bertz CT molecular complexity index is 776. The van der Waals surface area contributed by atoms with Crippen LogP contribution in [0.5, 0.6) is 5.75 Å². The number of hydrogen-bond donors (Lipinski definition) is 1. The molecule has 0 saturated heterocycles. The summed E-state index contributed by atoms with van der Waals surface area (Å²) in [6, 6.07) is 10.5. The summed E-state index contributed by atoms with van der Waals surface area (Å²) in [5.41, 5.74) is 3.55. The molecule has 132 valence electrons. The van der Waals surface area contributed by atoms with Crippen molar-refractivity contribution in [3.8, 4) is 5.75 Å². The van der Waals surface area contributed by atoms with E-state index in [1.807, 2.05) is 24.3 Å². The van der Waals surface area contributed by atoms with Crippen LogP contribution in [-0.4, -0.2) is 23.7 Å². The number of carbonyl (C=O) groups excluding carboxylic acids is 1. The van der Waals surface area contributed by atoms with Gasteiger partial charge in [-0.05, 0) is 29.2 Å². The number of nitrogens with one attached hydrogen (secondary N) is 1. The van der Waals surface area contributed by atoms with E-state index in [9.17, 15) is 14.9 Å². The van der Waals surface area contributed by atoms with Gasteiger partial charge in [-0.1, -0.05) is 44.2 Å². The Morgan fingerprint density at radius 2 is 1.96 bits per heavy atom. The lowest BCUT2D eigenvalue weighted by atomic mass is 9.87. The highest BCUT2D eigenvalue weighted by molar-refractivity contribution is 7.16. The molecule has 0 unspecified atom stereocenters. The summed E-state index contributed by atoms with van der Waals surface area (Å²) in [6.07, 6.45) is 1.35. The van der Waals surface area contributed by atoms with Crippen LogP contribution in [0.3, 0.4) is 0 Å². The minimum atomic E-state index is -0.473. The van der Waals surface area contributed by atoms with Crippen molar-refractivity contribution >= 4 is 28.5 Å². The first-order valence-electron chi connectivity index (χ1n) is 7.55. The van der Waals surface area contributed by atoms with Crippen molar-refractivity contribution < 1.29 is 14.5 Å². The van der Waals surface area contributed by atoms with Crippen LogP contribution in [0.2, 0.25) is 0 Å². The number of benzene rings is 1. The Kier molecular flexibility index (Phi) is 5.87. The van der Waals surface area contributed by atoms with Crippen LogP contribution in [0.1, 0.15) is 31.2 Å². The monoisotopic (exact) mass is 361 g/mol. The van der Waals surface area contributed by atoms with Crippen molar-refractivity contribution in [3.63, 3.8) is 0 Å². The van der Waals surface area contributed by atoms with Crippen LogP contribution < -0.4 is 10.2 Å². The number of amides is 1. The number of hydrazone groups is 1. The largest absolute Gasteiger partial charge is 0.484 e. The number of nitro groups is 1. The van der Waals surface area contributed by atoms with E-state index in [-0.39, 0.29) is 17.0 Å². The predicted molar refractivity (Wildman–Crippen MR) is 97.3 cm³/mol. The zero-order valence-corrected chi connectivity index (χ0v) is 15.0. The van der Waals surface area contributed by atoms with Crippen LogP contribution in [0.25, 0.3) is 0 Å². The standard InChI is InChI=1S/C17H19N3O4S/c1-17(2,3)12-4-6-13(7-5-12)24-11-15(21)19-18-10-14-8-9-16(25-14)20(22)23/h4-10H,11H2,1-3H3,(H,19,21). The fourth-order valence-electron chi connectivity index (χ4n) is 1.91. The van der Waals surface area contributed by atoms with Gasteiger partial charge in [0.15, 0.2) is 6.61 Å². The molecular formula is C17H19N3O4S. The summed E-state index contributed by atoms with van der Waals surface area (Å²) in [7, 11) is 0. The molecule has 0 aliphatic rings. The van der Waals surface area contributed by atoms with E-state index in [4.69, 9.17) is 4.74 Å². The zero-order chi connectivity index (χ0) is 18.4. The van der Waals surface area contributed by atoms with Crippen molar-refractivity contribution in [2.45, 2.75) is 26.2 Å². The molecule has 0 radical (unpaired) electrons. The molecule has 1 amide bonds. The molecule has 1 aromatic carbocycles. The molecule has 25 heavy (non-hydrogen) atoms. The summed E-state index contributed by atoms with van der Waals surface area (Å²) in [5, 5.41) is 14.4. The van der Waals surface area contributed by atoms with E-state index in [1.165, 1.54) is 17.8 Å². The van der Waals surface area contributed by atoms with Crippen molar-refractivity contribution in [2.75, 3.05) is 6.61 Å². The summed E-state index contributed by atoms with van der Waals surface area (Å²) < 4.78 is 5.40. The normalized spacial score (nSPS) is 11.5. The average Bonchev–Trinajstić information content (AvgIpc) is 3.02. The Balaban J connectivity index is 1.80. The molecule has 0 atom stereocenters. The number of rotatable bonds is 6. The Hall–Kier alpha value is -2.74. The van der Waals surface area contributed by atoms with Gasteiger partial charge >= 0.3 is 5.00 Å². The fraction of sp³-hybridized carbons (Fsp3) is 0.294. The van der Waals surface area contributed by atoms with Gasteiger partial charge in [-0.2, -0.15) is 5.10 Å². The van der Waals surface area contributed by atoms with Gasteiger partial charge in [-0.3, -0.25) is 14.9 Å². The van der Waals surface area contributed by atoms with Crippen molar-refractivity contribution in [1.29, 1.82) is 0 Å². The van der Waals surface area contributed by atoms with E-state index in [1.54, 1.807) is 6.07 Å². The van der Waals surface area contributed by atoms with Gasteiger partial charge in [0, 0.05) is 6.07 Å². The maximum atomic E-state index is 11.7. The summed E-state index contributed by atoms with van der Waals surface area (Å²) in [4.78, 5) is 22.4. The minimum Gasteiger partial charge on any atom is -0.484 e. The molecule has 0 spiro atoms. The molecule has 7 nitrogen and oxygen atoms in total. The van der Waals surface area contributed by atoms with Gasteiger partial charge in [0.2, 0.25) is 0 Å². The molecule has 0 saturated carbocycles. The van der Waals surface area contributed by atoms with E-state index >= 15 is 0 Å². The van der Waals surface area contributed by atoms with E-state index in [2.05, 4.69) is 31.3 Å². The highest BCUT2D eigenvalue weighted by Crippen LogP contribution is 2.24. The van der Waals surface area contributed by atoms with Crippen molar-refractivity contribution in [2.24, 2.45) is 5.10 Å².